The summed E-state index contributed by atoms with van der Waals surface area (Å²) in [5.74, 6) is 1.92. The fraction of sp³-hybridized carbons (Fsp3) is 0.625. The van der Waals surface area contributed by atoms with Crippen LogP contribution in [0.25, 0.3) is 0 Å². The summed E-state index contributed by atoms with van der Waals surface area (Å²) in [6, 6.07) is 4.96. The number of nitrogens with one attached hydrogen (secondary N) is 1. The van der Waals surface area contributed by atoms with Gasteiger partial charge in [-0.3, -0.25) is 0 Å². The van der Waals surface area contributed by atoms with Crippen molar-refractivity contribution in [2.75, 3.05) is 12.4 Å². The van der Waals surface area contributed by atoms with Crippen LogP contribution in [-0.2, 0) is 0 Å². The maximum absolute atomic E-state index is 5.48. The van der Waals surface area contributed by atoms with Crippen LogP contribution in [0, 0.1) is 19.8 Å². The molecule has 0 aromatic heterocycles. The van der Waals surface area contributed by atoms with Crippen LogP contribution in [0.4, 0.5) is 5.69 Å². The van der Waals surface area contributed by atoms with E-state index in [4.69, 9.17) is 4.74 Å². The number of hydrogen-bond donors (Lipinski definition) is 1. The van der Waals surface area contributed by atoms with Crippen molar-refractivity contribution >= 4 is 5.69 Å². The van der Waals surface area contributed by atoms with Gasteiger partial charge in [0.15, 0.2) is 0 Å². The molecule has 1 aromatic rings. The van der Waals surface area contributed by atoms with Crippen molar-refractivity contribution in [2.24, 2.45) is 5.92 Å². The molecule has 1 N–H and O–H groups in total. The Labute approximate surface area is 111 Å². The van der Waals surface area contributed by atoms with Gasteiger partial charge in [0.05, 0.1) is 7.11 Å². The van der Waals surface area contributed by atoms with E-state index in [2.05, 4.69) is 38.2 Å². The fourth-order valence-corrected chi connectivity index (χ4v) is 2.92. The second kappa shape index (κ2) is 5.64. The molecule has 0 atom stereocenters. The van der Waals surface area contributed by atoms with Crippen molar-refractivity contribution in [1.82, 2.24) is 0 Å². The molecule has 0 unspecified atom stereocenters. The fourth-order valence-electron chi connectivity index (χ4n) is 2.92. The topological polar surface area (TPSA) is 21.3 Å². The van der Waals surface area contributed by atoms with Crippen LogP contribution >= 0.6 is 0 Å². The van der Waals surface area contributed by atoms with E-state index in [0.717, 1.165) is 11.7 Å². The predicted octanol–water partition coefficient (Wildman–Crippen LogP) is 4.30. The Kier molecular flexibility index (Phi) is 4.15. The largest absolute Gasteiger partial charge is 0.496 e. The molecule has 0 aliphatic heterocycles. The highest BCUT2D eigenvalue weighted by Crippen LogP contribution is 2.32. The molecule has 1 saturated carbocycles. The van der Waals surface area contributed by atoms with Gasteiger partial charge in [-0.25, -0.2) is 0 Å². The van der Waals surface area contributed by atoms with Crippen LogP contribution in [0.1, 0.15) is 43.7 Å². The van der Waals surface area contributed by atoms with Gasteiger partial charge in [0, 0.05) is 17.3 Å². The molecule has 1 aromatic carbocycles. The number of anilines is 1. The lowest BCUT2D eigenvalue weighted by Gasteiger charge is -2.28. The van der Waals surface area contributed by atoms with Crippen LogP contribution in [-0.4, -0.2) is 13.2 Å². The average Bonchev–Trinajstić information content (AvgIpc) is 2.36. The molecule has 1 fully saturated rings. The van der Waals surface area contributed by atoms with E-state index in [0.29, 0.717) is 6.04 Å². The Morgan fingerprint density at radius 2 is 1.78 bits per heavy atom. The summed E-state index contributed by atoms with van der Waals surface area (Å²) in [6.07, 6.45) is 5.27. The SMILES string of the molecule is COc1c(C)ccc(NC2CCC(C)CC2)c1C. The van der Waals surface area contributed by atoms with Gasteiger partial charge in [0.2, 0.25) is 0 Å². The summed E-state index contributed by atoms with van der Waals surface area (Å²) in [5, 5.41) is 3.69. The Balaban J connectivity index is 2.10. The third kappa shape index (κ3) is 2.80. The molecule has 100 valence electrons. The summed E-state index contributed by atoms with van der Waals surface area (Å²) in [6.45, 7) is 6.59. The first-order chi connectivity index (χ1) is 8.61. The molecule has 1 aliphatic rings. The minimum Gasteiger partial charge on any atom is -0.496 e. The van der Waals surface area contributed by atoms with Crippen molar-refractivity contribution < 1.29 is 4.74 Å². The summed E-state index contributed by atoms with van der Waals surface area (Å²) in [4.78, 5) is 0. The standard InChI is InChI=1S/C16H25NO/c1-11-5-8-14(9-6-11)17-15-10-7-12(2)16(18-4)13(15)3/h7,10-11,14,17H,5-6,8-9H2,1-4H3. The van der Waals surface area contributed by atoms with Gasteiger partial charge in [-0.15, -0.1) is 0 Å². The number of benzene rings is 1. The van der Waals surface area contributed by atoms with Crippen molar-refractivity contribution in [2.45, 2.75) is 52.5 Å². The molecule has 2 rings (SSSR count). The first-order valence-corrected chi connectivity index (χ1v) is 7.02. The second-order valence-electron chi connectivity index (χ2n) is 5.69. The van der Waals surface area contributed by atoms with E-state index >= 15 is 0 Å². The molecule has 0 heterocycles. The third-order valence-electron chi connectivity index (χ3n) is 4.18. The average molecular weight is 247 g/mol. The first-order valence-electron chi connectivity index (χ1n) is 7.02. The number of rotatable bonds is 3. The van der Waals surface area contributed by atoms with E-state index in [1.807, 2.05) is 0 Å². The van der Waals surface area contributed by atoms with Crippen molar-refractivity contribution in [3.8, 4) is 5.75 Å². The van der Waals surface area contributed by atoms with Crippen LogP contribution < -0.4 is 10.1 Å². The van der Waals surface area contributed by atoms with Gasteiger partial charge in [-0.1, -0.05) is 13.0 Å². The lowest BCUT2D eigenvalue weighted by Crippen LogP contribution is -2.25. The normalized spacial score (nSPS) is 23.8. The summed E-state index contributed by atoms with van der Waals surface area (Å²) in [7, 11) is 1.75. The zero-order valence-corrected chi connectivity index (χ0v) is 12.0. The van der Waals surface area contributed by atoms with Crippen molar-refractivity contribution in [3.05, 3.63) is 23.3 Å². The Hall–Kier alpha value is -1.18. The molecule has 0 spiro atoms. The summed E-state index contributed by atoms with van der Waals surface area (Å²) >= 11 is 0. The quantitative estimate of drug-likeness (QED) is 0.859. The first kappa shape index (κ1) is 13.3. The van der Waals surface area contributed by atoms with E-state index in [-0.39, 0.29) is 0 Å². The molecule has 0 amide bonds. The Bertz CT molecular complexity index is 406. The monoisotopic (exact) mass is 247 g/mol. The highest BCUT2D eigenvalue weighted by molar-refractivity contribution is 5.60. The predicted molar refractivity (Wildman–Crippen MR) is 77.5 cm³/mol. The minimum absolute atomic E-state index is 0.632. The van der Waals surface area contributed by atoms with Crippen LogP contribution in [0.3, 0.4) is 0 Å². The highest BCUT2D eigenvalue weighted by atomic mass is 16.5. The van der Waals surface area contributed by atoms with Gasteiger partial charge in [0.1, 0.15) is 5.75 Å². The molecule has 0 saturated heterocycles. The van der Waals surface area contributed by atoms with Gasteiger partial charge >= 0.3 is 0 Å². The van der Waals surface area contributed by atoms with Crippen LogP contribution in [0.15, 0.2) is 12.1 Å². The lowest BCUT2D eigenvalue weighted by molar-refractivity contribution is 0.361. The third-order valence-corrected chi connectivity index (χ3v) is 4.18. The van der Waals surface area contributed by atoms with E-state index < -0.39 is 0 Å². The zero-order chi connectivity index (χ0) is 13.1. The van der Waals surface area contributed by atoms with Gasteiger partial charge in [0.25, 0.3) is 0 Å². The highest BCUT2D eigenvalue weighted by Gasteiger charge is 2.19. The molecule has 2 heteroatoms. The molecule has 2 nitrogen and oxygen atoms in total. The summed E-state index contributed by atoms with van der Waals surface area (Å²) in [5.41, 5.74) is 3.67. The van der Waals surface area contributed by atoms with Crippen LogP contribution in [0.2, 0.25) is 0 Å². The maximum Gasteiger partial charge on any atom is 0.126 e. The van der Waals surface area contributed by atoms with Crippen molar-refractivity contribution in [1.29, 1.82) is 0 Å². The molecule has 1 aliphatic carbocycles. The van der Waals surface area contributed by atoms with E-state index in [9.17, 15) is 0 Å². The Morgan fingerprint density at radius 3 is 2.39 bits per heavy atom. The molecular formula is C16H25NO. The number of aryl methyl sites for hydroxylation is 1. The second-order valence-corrected chi connectivity index (χ2v) is 5.69. The number of ether oxygens (including phenoxy) is 1. The molecule has 0 radical (unpaired) electrons. The molecular weight excluding hydrogens is 222 g/mol. The van der Waals surface area contributed by atoms with Gasteiger partial charge in [-0.2, -0.15) is 0 Å². The van der Waals surface area contributed by atoms with Crippen molar-refractivity contribution in [3.63, 3.8) is 0 Å². The van der Waals surface area contributed by atoms with Gasteiger partial charge < -0.3 is 10.1 Å². The van der Waals surface area contributed by atoms with E-state index in [1.165, 1.54) is 42.5 Å². The smallest absolute Gasteiger partial charge is 0.126 e. The number of methoxy groups -OCH3 is 1. The summed E-state index contributed by atoms with van der Waals surface area (Å²) < 4.78 is 5.48. The van der Waals surface area contributed by atoms with Gasteiger partial charge in [-0.05, 0) is 57.1 Å². The Morgan fingerprint density at radius 1 is 1.11 bits per heavy atom. The minimum atomic E-state index is 0.632. The maximum atomic E-state index is 5.48. The zero-order valence-electron chi connectivity index (χ0n) is 12.0. The van der Waals surface area contributed by atoms with Crippen LogP contribution in [0.5, 0.6) is 5.75 Å². The van der Waals surface area contributed by atoms with E-state index in [1.54, 1.807) is 7.11 Å². The molecule has 18 heavy (non-hydrogen) atoms. The lowest BCUT2D eigenvalue weighted by atomic mass is 9.87. The molecule has 0 bridgehead atoms. The number of hydrogen-bond acceptors (Lipinski definition) is 2.